The van der Waals surface area contributed by atoms with Crippen LogP contribution < -0.4 is 14.5 Å². The number of ether oxygens (including phenoxy) is 1. The highest BCUT2D eigenvalue weighted by molar-refractivity contribution is 6.12. The monoisotopic (exact) mass is 1080 g/mol. The normalized spacial score (nSPS) is 12.8. The van der Waals surface area contributed by atoms with Gasteiger partial charge in [0.2, 0.25) is 0 Å². The maximum absolute atomic E-state index is 7.56. The Balaban J connectivity index is 0.987. The number of hydrogen-bond donors (Lipinski definition) is 0. The van der Waals surface area contributed by atoms with Crippen molar-refractivity contribution >= 4 is 44.6 Å². The summed E-state index contributed by atoms with van der Waals surface area (Å²) in [6.07, 6.45) is 2.07. The molecule has 408 valence electrons. The Morgan fingerprint density at radius 1 is 0.373 bits per heavy atom. The lowest BCUT2D eigenvalue weighted by atomic mass is 9.82. The molecule has 12 aromatic rings. The summed E-state index contributed by atoms with van der Waals surface area (Å²) < 4.78 is 9.90. The van der Waals surface area contributed by atoms with Gasteiger partial charge in [-0.2, -0.15) is 0 Å². The van der Waals surface area contributed by atoms with Crippen LogP contribution in [0.15, 0.2) is 249 Å². The predicted molar refractivity (Wildman–Crippen MR) is 350 cm³/mol. The van der Waals surface area contributed by atoms with Gasteiger partial charge in [-0.3, -0.25) is 4.57 Å². The first-order valence-corrected chi connectivity index (χ1v) is 29.1. The summed E-state index contributed by atoms with van der Waals surface area (Å²) in [6, 6.07) is 88.3. The van der Waals surface area contributed by atoms with Crippen LogP contribution in [0, 0.1) is 0 Å². The first-order valence-electron chi connectivity index (χ1n) is 29.1. The van der Waals surface area contributed by atoms with E-state index in [1.165, 1.54) is 50.2 Å². The van der Waals surface area contributed by atoms with Crippen molar-refractivity contribution in [3.05, 3.63) is 266 Å². The van der Waals surface area contributed by atoms with Gasteiger partial charge in [0.25, 0.3) is 0 Å². The van der Waals surface area contributed by atoms with Crippen LogP contribution in [0.1, 0.15) is 79.0 Å². The molecule has 0 radical (unpaired) electrons. The van der Waals surface area contributed by atoms with E-state index in [0.717, 1.165) is 84.0 Å². The predicted octanol–water partition coefficient (Wildman–Crippen LogP) is 21.4. The number of pyridine rings is 1. The second kappa shape index (κ2) is 20.8. The van der Waals surface area contributed by atoms with Crippen molar-refractivity contribution in [1.82, 2.24) is 9.55 Å². The highest BCUT2D eigenvalue weighted by atomic mass is 16.5. The smallest absolute Gasteiger partial charge is 0.137 e. The van der Waals surface area contributed by atoms with E-state index in [-0.39, 0.29) is 16.2 Å². The molecule has 0 aliphatic carbocycles. The molecule has 0 atom stereocenters. The van der Waals surface area contributed by atoms with E-state index in [1.807, 2.05) is 0 Å². The minimum Gasteiger partial charge on any atom is -0.457 e. The fraction of sp³-hybridized carbons (Fsp3) is 0.167. The molecule has 1 aliphatic rings. The summed E-state index contributed by atoms with van der Waals surface area (Å²) in [7, 11) is 0. The van der Waals surface area contributed by atoms with Crippen LogP contribution in [0.4, 0.5) is 22.7 Å². The van der Waals surface area contributed by atoms with Gasteiger partial charge >= 0.3 is 0 Å². The van der Waals surface area contributed by atoms with E-state index in [0.29, 0.717) is 6.67 Å². The fourth-order valence-corrected chi connectivity index (χ4v) is 12.1. The SMILES string of the molecule is CC(C)(C)c1ccc(-c2cccc(-c3ccccc3)c2N2CN(c3cc(Oc4cc5c(cc4-c4ccccc4)c4cc(-c6ccccc6)ccc4n5-c4cc(C(C)(C)C)c(-c5ccccc5)cn4)cc(C(C)(C)C)c3)c3ccccc32)cc1. The first-order chi connectivity index (χ1) is 40.0. The van der Waals surface area contributed by atoms with Crippen molar-refractivity contribution < 1.29 is 4.74 Å². The van der Waals surface area contributed by atoms with E-state index < -0.39 is 0 Å². The van der Waals surface area contributed by atoms with Gasteiger partial charge in [-0.15, -0.1) is 0 Å². The number of nitrogens with zero attached hydrogens (tertiary/aromatic N) is 4. The average molecular weight is 1080 g/mol. The Labute approximate surface area is 489 Å². The Bertz CT molecular complexity index is 4350. The van der Waals surface area contributed by atoms with E-state index in [9.17, 15) is 0 Å². The molecule has 10 aromatic carbocycles. The molecule has 0 saturated carbocycles. The molecule has 1 aliphatic heterocycles. The lowest BCUT2D eigenvalue weighted by Gasteiger charge is -2.28. The van der Waals surface area contributed by atoms with Crippen molar-refractivity contribution in [1.29, 1.82) is 0 Å². The van der Waals surface area contributed by atoms with Crippen molar-refractivity contribution in [2.75, 3.05) is 16.5 Å². The second-order valence-electron chi connectivity index (χ2n) is 25.3. The quantitative estimate of drug-likeness (QED) is 0.137. The zero-order valence-electron chi connectivity index (χ0n) is 49.1. The third-order valence-corrected chi connectivity index (χ3v) is 16.6. The number of para-hydroxylation sites is 3. The number of fused-ring (bicyclic) bond motifs is 4. The zero-order valence-corrected chi connectivity index (χ0v) is 49.1. The summed E-state index contributed by atoms with van der Waals surface area (Å²) in [6.45, 7) is 21.2. The maximum Gasteiger partial charge on any atom is 0.137 e. The van der Waals surface area contributed by atoms with Gasteiger partial charge in [-0.1, -0.05) is 244 Å². The topological polar surface area (TPSA) is 33.5 Å². The number of benzene rings is 10. The molecular weight excluding hydrogens is 1010 g/mol. The van der Waals surface area contributed by atoms with Crippen LogP contribution in [-0.4, -0.2) is 16.2 Å². The standard InChI is InChI=1S/C78H70N4O/c1-76(2,3)58-40-37-56(38-41-58)63-34-24-33-62(53-27-16-11-17-28-53)75(63)81-51-80(70-35-22-23-36-71(70)81)60-44-59(77(4,5)6)45-61(46-60)83-73-49-72-66(47-64(73)54-29-18-12-19-30-54)65-43-57(52-25-14-10-15-26-52)39-42-69(65)82(72)74-48-68(78(7,8)9)67(50-79-74)55-31-20-13-21-32-55/h10-50H,51H2,1-9H3. The molecule has 5 nitrogen and oxygen atoms in total. The third-order valence-electron chi connectivity index (χ3n) is 16.6. The van der Waals surface area contributed by atoms with Crippen LogP contribution >= 0.6 is 0 Å². The molecule has 0 fully saturated rings. The summed E-state index contributed by atoms with van der Waals surface area (Å²) in [5, 5.41) is 2.26. The lowest BCUT2D eigenvalue weighted by molar-refractivity contribution is 0.481. The molecule has 13 rings (SSSR count). The molecule has 2 aromatic heterocycles. The Hall–Kier alpha value is -9.45. The van der Waals surface area contributed by atoms with E-state index >= 15 is 0 Å². The number of rotatable bonds is 10. The molecule has 5 heteroatoms. The first kappa shape index (κ1) is 52.9. The summed E-state index contributed by atoms with van der Waals surface area (Å²) in [4.78, 5) is 10.3. The Morgan fingerprint density at radius 3 is 1.48 bits per heavy atom. The zero-order chi connectivity index (χ0) is 57.2. The highest BCUT2D eigenvalue weighted by Gasteiger charge is 2.33. The van der Waals surface area contributed by atoms with E-state index in [1.54, 1.807) is 0 Å². The van der Waals surface area contributed by atoms with Gasteiger partial charge in [-0.25, -0.2) is 4.98 Å². The van der Waals surface area contributed by atoms with Gasteiger partial charge < -0.3 is 14.5 Å². The van der Waals surface area contributed by atoms with Gasteiger partial charge in [0.15, 0.2) is 0 Å². The lowest BCUT2D eigenvalue weighted by Crippen LogP contribution is -2.25. The van der Waals surface area contributed by atoms with E-state index in [4.69, 9.17) is 9.72 Å². The third kappa shape index (κ3) is 10.1. The molecule has 0 saturated heterocycles. The van der Waals surface area contributed by atoms with Gasteiger partial charge in [-0.05, 0) is 115 Å². The largest absolute Gasteiger partial charge is 0.457 e. The molecule has 3 heterocycles. The van der Waals surface area contributed by atoms with Crippen molar-refractivity contribution in [3.63, 3.8) is 0 Å². The second-order valence-corrected chi connectivity index (χ2v) is 25.3. The van der Waals surface area contributed by atoms with Gasteiger partial charge in [0, 0.05) is 57.0 Å². The van der Waals surface area contributed by atoms with Crippen molar-refractivity contribution in [2.45, 2.75) is 78.6 Å². The molecular formula is C78H70N4O. The molecule has 0 unspecified atom stereocenters. The van der Waals surface area contributed by atoms with Crippen LogP contribution in [0.2, 0.25) is 0 Å². The van der Waals surface area contributed by atoms with E-state index in [2.05, 4.69) is 326 Å². The Kier molecular flexibility index (Phi) is 13.3. The van der Waals surface area contributed by atoms with Gasteiger partial charge in [0.05, 0.1) is 28.1 Å². The number of hydrogen-bond acceptors (Lipinski definition) is 4. The number of aromatic nitrogens is 2. The average Bonchev–Trinajstić information content (AvgIpc) is 2.50. The molecule has 0 spiro atoms. The molecule has 0 bridgehead atoms. The summed E-state index contributed by atoms with van der Waals surface area (Å²) in [5.74, 6) is 2.37. The van der Waals surface area contributed by atoms with Crippen LogP contribution in [0.5, 0.6) is 11.5 Å². The minimum absolute atomic E-state index is 0.0404. The molecule has 83 heavy (non-hydrogen) atoms. The minimum atomic E-state index is -0.212. The molecule has 0 amide bonds. The van der Waals surface area contributed by atoms with Gasteiger partial charge in [0.1, 0.15) is 24.0 Å². The van der Waals surface area contributed by atoms with Crippen molar-refractivity contribution in [2.24, 2.45) is 0 Å². The maximum atomic E-state index is 7.56. The Morgan fingerprint density at radius 2 is 0.892 bits per heavy atom. The summed E-state index contributed by atoms with van der Waals surface area (Å²) >= 11 is 0. The van der Waals surface area contributed by atoms with Crippen LogP contribution in [0.25, 0.3) is 83.3 Å². The number of anilines is 4. The fourth-order valence-electron chi connectivity index (χ4n) is 12.1. The highest BCUT2D eigenvalue weighted by Crippen LogP contribution is 2.52. The summed E-state index contributed by atoms with van der Waals surface area (Å²) in [5.41, 5.74) is 21.4. The van der Waals surface area contributed by atoms with Crippen LogP contribution in [-0.2, 0) is 16.2 Å². The van der Waals surface area contributed by atoms with Crippen LogP contribution in [0.3, 0.4) is 0 Å². The molecule has 0 N–H and O–H groups in total. The van der Waals surface area contributed by atoms with Crippen molar-refractivity contribution in [3.8, 4) is 73.0 Å².